The minimum absolute atomic E-state index is 0.123. The van der Waals surface area contributed by atoms with Gasteiger partial charge in [-0.1, -0.05) is 40.8 Å². The van der Waals surface area contributed by atoms with Crippen molar-refractivity contribution in [3.05, 3.63) is 53.1 Å². The minimum atomic E-state index is -0.365. The number of carbonyl (C=O) groups is 2. The number of rotatable bonds is 12. The van der Waals surface area contributed by atoms with Crippen LogP contribution in [0.5, 0.6) is 17.2 Å². The zero-order valence-corrected chi connectivity index (χ0v) is 20.9. The highest BCUT2D eigenvalue weighted by molar-refractivity contribution is 8.01. The van der Waals surface area contributed by atoms with Gasteiger partial charge in [0.1, 0.15) is 5.75 Å². The normalized spacial score (nSPS) is 10.4. The van der Waals surface area contributed by atoms with Crippen LogP contribution in [-0.2, 0) is 16.0 Å². The predicted octanol–water partition coefficient (Wildman–Crippen LogP) is 3.68. The van der Waals surface area contributed by atoms with E-state index in [1.807, 2.05) is 18.2 Å². The Morgan fingerprint density at radius 2 is 1.79 bits per heavy atom. The largest absolute Gasteiger partial charge is 0.493 e. The van der Waals surface area contributed by atoms with Crippen molar-refractivity contribution in [2.24, 2.45) is 0 Å². The molecule has 0 saturated heterocycles. The third-order valence-electron chi connectivity index (χ3n) is 4.35. The number of aromatic nitrogens is 2. The first-order valence-corrected chi connectivity index (χ1v) is 12.3. The fraction of sp³-hybridized carbons (Fsp3) is 0.273. The molecule has 2 aromatic carbocycles. The average molecular weight is 523 g/mol. The highest BCUT2D eigenvalue weighted by atomic mass is 35.5. The number of amides is 2. The van der Waals surface area contributed by atoms with Gasteiger partial charge in [-0.3, -0.25) is 14.9 Å². The number of hydrogen-bond donors (Lipinski definition) is 2. The second-order valence-electron chi connectivity index (χ2n) is 6.74. The number of anilines is 1. The number of nitrogens with one attached hydrogen (secondary N) is 2. The molecule has 0 aliphatic carbocycles. The Morgan fingerprint density at radius 1 is 1.03 bits per heavy atom. The molecular formula is C22H23ClN4O5S2. The summed E-state index contributed by atoms with van der Waals surface area (Å²) < 4.78 is 16.5. The molecule has 1 aromatic heterocycles. The number of methoxy groups -OCH3 is 2. The second-order valence-corrected chi connectivity index (χ2v) is 9.38. The topological polar surface area (TPSA) is 112 Å². The number of hydrogen-bond acceptors (Lipinski definition) is 9. The molecule has 2 amide bonds. The quantitative estimate of drug-likeness (QED) is 0.274. The lowest BCUT2D eigenvalue weighted by molar-refractivity contribution is -0.119. The smallest absolute Gasteiger partial charge is 0.264 e. The minimum Gasteiger partial charge on any atom is -0.493 e. The molecule has 2 N–H and O–H groups in total. The van der Waals surface area contributed by atoms with E-state index in [0.717, 1.165) is 5.56 Å². The highest BCUT2D eigenvalue weighted by Gasteiger charge is 2.11. The van der Waals surface area contributed by atoms with Crippen molar-refractivity contribution in [2.45, 2.75) is 10.8 Å². The highest BCUT2D eigenvalue weighted by Crippen LogP contribution is 2.28. The van der Waals surface area contributed by atoms with E-state index < -0.39 is 0 Å². The van der Waals surface area contributed by atoms with Crippen LogP contribution < -0.4 is 24.8 Å². The molecule has 34 heavy (non-hydrogen) atoms. The van der Waals surface area contributed by atoms with E-state index in [0.29, 0.717) is 44.7 Å². The van der Waals surface area contributed by atoms with Crippen molar-refractivity contribution < 1.29 is 23.8 Å². The van der Waals surface area contributed by atoms with Crippen molar-refractivity contribution in [3.8, 4) is 17.2 Å². The third kappa shape index (κ3) is 8.08. The standard InChI is InChI=1S/C22H23ClN4O5S2/c1-30-17-8-3-14(11-18(17)31-2)9-10-24-20(29)13-33-22-27-26-21(34-22)25-19(28)12-32-16-6-4-15(23)5-7-16/h3-8,11H,9-10,12-13H2,1-2H3,(H,24,29)(H,25,26,28). The third-order valence-corrected chi connectivity index (χ3v) is 6.57. The molecule has 3 aromatic rings. The Morgan fingerprint density at radius 3 is 2.53 bits per heavy atom. The maximum Gasteiger partial charge on any atom is 0.264 e. The van der Waals surface area contributed by atoms with Gasteiger partial charge in [0.2, 0.25) is 11.0 Å². The van der Waals surface area contributed by atoms with Crippen LogP contribution in [0.15, 0.2) is 46.8 Å². The molecule has 180 valence electrons. The number of ether oxygens (including phenoxy) is 3. The molecule has 1 heterocycles. The molecule has 0 spiro atoms. The Hall–Kier alpha value is -3.02. The molecule has 0 fully saturated rings. The number of halogens is 1. The van der Waals surface area contributed by atoms with Crippen LogP contribution in [0.3, 0.4) is 0 Å². The number of thioether (sulfide) groups is 1. The van der Waals surface area contributed by atoms with Gasteiger partial charge in [0, 0.05) is 11.6 Å². The molecule has 0 atom stereocenters. The van der Waals surface area contributed by atoms with E-state index in [2.05, 4.69) is 20.8 Å². The fourth-order valence-corrected chi connectivity index (χ4v) is 4.44. The van der Waals surface area contributed by atoms with E-state index in [9.17, 15) is 9.59 Å². The van der Waals surface area contributed by atoms with Gasteiger partial charge in [0.25, 0.3) is 5.91 Å². The Labute approximate surface area is 210 Å². The van der Waals surface area contributed by atoms with E-state index in [1.165, 1.54) is 23.1 Å². The average Bonchev–Trinajstić information content (AvgIpc) is 3.29. The Bertz CT molecular complexity index is 1110. The SMILES string of the molecule is COc1ccc(CCNC(=O)CSc2nnc(NC(=O)COc3ccc(Cl)cc3)s2)cc1OC. The van der Waals surface area contributed by atoms with E-state index in [-0.39, 0.29) is 24.2 Å². The van der Waals surface area contributed by atoms with Crippen molar-refractivity contribution >= 4 is 51.6 Å². The first-order chi connectivity index (χ1) is 16.5. The van der Waals surface area contributed by atoms with E-state index >= 15 is 0 Å². The maximum absolute atomic E-state index is 12.1. The molecule has 9 nitrogen and oxygen atoms in total. The van der Waals surface area contributed by atoms with Crippen molar-refractivity contribution in [3.63, 3.8) is 0 Å². The fourth-order valence-electron chi connectivity index (χ4n) is 2.71. The summed E-state index contributed by atoms with van der Waals surface area (Å²) in [5, 5.41) is 14.3. The summed E-state index contributed by atoms with van der Waals surface area (Å²) in [5.74, 6) is 1.54. The van der Waals surface area contributed by atoms with Gasteiger partial charge in [-0.25, -0.2) is 0 Å². The molecule has 0 aliphatic rings. The van der Waals surface area contributed by atoms with Gasteiger partial charge in [-0.2, -0.15) is 0 Å². The summed E-state index contributed by atoms with van der Waals surface area (Å²) in [6, 6.07) is 12.4. The van der Waals surface area contributed by atoms with Crippen LogP contribution >= 0.6 is 34.7 Å². The van der Waals surface area contributed by atoms with Gasteiger partial charge >= 0.3 is 0 Å². The van der Waals surface area contributed by atoms with Crippen molar-refractivity contribution in [2.75, 3.05) is 38.4 Å². The van der Waals surface area contributed by atoms with E-state index in [4.69, 9.17) is 25.8 Å². The maximum atomic E-state index is 12.1. The molecule has 12 heteroatoms. The molecule has 3 rings (SSSR count). The van der Waals surface area contributed by atoms with Gasteiger partial charge < -0.3 is 19.5 Å². The summed E-state index contributed by atoms with van der Waals surface area (Å²) in [6.07, 6.45) is 0.657. The second kappa shape index (κ2) is 13.0. The molecule has 0 saturated carbocycles. The van der Waals surface area contributed by atoms with Crippen LogP contribution in [0.25, 0.3) is 0 Å². The van der Waals surface area contributed by atoms with Crippen LogP contribution in [0.2, 0.25) is 5.02 Å². The summed E-state index contributed by atoms with van der Waals surface area (Å²) in [5.41, 5.74) is 1.02. The van der Waals surface area contributed by atoms with Crippen molar-refractivity contribution in [1.29, 1.82) is 0 Å². The summed E-state index contributed by atoms with van der Waals surface area (Å²) in [6.45, 7) is 0.312. The molecular weight excluding hydrogens is 500 g/mol. The molecule has 0 radical (unpaired) electrons. The molecule has 0 bridgehead atoms. The van der Waals surface area contributed by atoms with Gasteiger partial charge in [0.15, 0.2) is 22.4 Å². The lowest BCUT2D eigenvalue weighted by atomic mass is 10.1. The van der Waals surface area contributed by atoms with Gasteiger partial charge in [-0.15, -0.1) is 10.2 Å². The first-order valence-electron chi connectivity index (χ1n) is 10.1. The van der Waals surface area contributed by atoms with Crippen LogP contribution in [-0.4, -0.2) is 55.1 Å². The molecule has 0 aliphatic heterocycles. The number of benzene rings is 2. The number of nitrogens with zero attached hydrogens (tertiary/aromatic N) is 2. The Kier molecular flexibility index (Phi) is 9.80. The number of carbonyl (C=O) groups excluding carboxylic acids is 2. The molecule has 0 unspecified atom stereocenters. The van der Waals surface area contributed by atoms with E-state index in [1.54, 1.807) is 38.5 Å². The monoisotopic (exact) mass is 522 g/mol. The zero-order valence-electron chi connectivity index (χ0n) is 18.5. The summed E-state index contributed by atoms with van der Waals surface area (Å²) in [7, 11) is 3.17. The van der Waals surface area contributed by atoms with Crippen LogP contribution in [0.4, 0.5) is 5.13 Å². The van der Waals surface area contributed by atoms with Crippen LogP contribution in [0.1, 0.15) is 5.56 Å². The summed E-state index contributed by atoms with van der Waals surface area (Å²) >= 11 is 8.25. The first kappa shape index (κ1) is 25.6. The van der Waals surface area contributed by atoms with Crippen LogP contribution in [0, 0.1) is 0 Å². The predicted molar refractivity (Wildman–Crippen MR) is 132 cm³/mol. The zero-order chi connectivity index (χ0) is 24.3. The summed E-state index contributed by atoms with van der Waals surface area (Å²) in [4.78, 5) is 24.2. The van der Waals surface area contributed by atoms with Gasteiger partial charge in [0.05, 0.1) is 20.0 Å². The lowest BCUT2D eigenvalue weighted by Crippen LogP contribution is -2.27. The van der Waals surface area contributed by atoms with Gasteiger partial charge in [-0.05, 0) is 48.4 Å². The Balaban J connectivity index is 1.35. The lowest BCUT2D eigenvalue weighted by Gasteiger charge is -2.10. The van der Waals surface area contributed by atoms with Crippen molar-refractivity contribution in [1.82, 2.24) is 15.5 Å².